The number of benzene rings is 1. The van der Waals surface area contributed by atoms with Gasteiger partial charge in [-0.15, -0.1) is 0 Å². The molecule has 9 heteroatoms. The minimum atomic E-state index is -0.731. The number of amides is 1. The molecular weight excluding hydrogens is 274 g/mol. The molecule has 0 radical (unpaired) electrons. The molecule has 0 aliphatic rings. The summed E-state index contributed by atoms with van der Waals surface area (Å²) < 4.78 is 0. The van der Waals surface area contributed by atoms with Crippen LogP contribution in [-0.4, -0.2) is 34.1 Å². The number of aryl methyl sites for hydroxylation is 1. The van der Waals surface area contributed by atoms with E-state index < -0.39 is 15.5 Å². The molecule has 1 amide bonds. The molecule has 1 aromatic rings. The van der Waals surface area contributed by atoms with Crippen LogP contribution in [0.25, 0.3) is 0 Å². The van der Waals surface area contributed by atoms with Gasteiger partial charge in [0.25, 0.3) is 16.6 Å². The van der Waals surface area contributed by atoms with E-state index in [2.05, 4.69) is 0 Å². The maximum atomic E-state index is 11.6. The number of thioether (sulfide) groups is 1. The van der Waals surface area contributed by atoms with Crippen molar-refractivity contribution in [2.75, 3.05) is 14.1 Å². The maximum absolute atomic E-state index is 11.6. The summed E-state index contributed by atoms with van der Waals surface area (Å²) in [5.41, 5.74) is -0.487. The van der Waals surface area contributed by atoms with Gasteiger partial charge in [-0.2, -0.15) is 0 Å². The Kier molecular flexibility index (Phi) is 4.43. The summed E-state index contributed by atoms with van der Waals surface area (Å²) in [6.07, 6.45) is 0. The van der Waals surface area contributed by atoms with Crippen molar-refractivity contribution < 1.29 is 14.6 Å². The van der Waals surface area contributed by atoms with Gasteiger partial charge in [0, 0.05) is 20.2 Å². The van der Waals surface area contributed by atoms with E-state index in [0.717, 1.165) is 6.07 Å². The number of carbonyl (C=O) groups excluding carboxylic acids is 1. The van der Waals surface area contributed by atoms with Gasteiger partial charge in [-0.05, 0) is 24.2 Å². The largest absolute Gasteiger partial charge is 0.339 e. The Morgan fingerprint density at radius 1 is 1.21 bits per heavy atom. The second-order valence-electron chi connectivity index (χ2n) is 3.89. The Morgan fingerprint density at radius 2 is 1.79 bits per heavy atom. The topological polar surface area (TPSA) is 107 Å². The van der Waals surface area contributed by atoms with Crippen molar-refractivity contribution in [3.63, 3.8) is 0 Å². The van der Waals surface area contributed by atoms with Crippen LogP contribution < -0.4 is 0 Å². The first-order valence-electron chi connectivity index (χ1n) is 5.06. The van der Waals surface area contributed by atoms with E-state index >= 15 is 0 Å². The fourth-order valence-corrected chi connectivity index (χ4v) is 2.10. The molecule has 1 aromatic carbocycles. The van der Waals surface area contributed by atoms with Crippen LogP contribution in [0.5, 0.6) is 0 Å². The van der Waals surface area contributed by atoms with Crippen molar-refractivity contribution in [2.45, 2.75) is 11.8 Å². The molecule has 0 N–H and O–H groups in total. The van der Waals surface area contributed by atoms with Gasteiger partial charge in [-0.25, -0.2) is 0 Å². The Labute approximate surface area is 112 Å². The van der Waals surface area contributed by atoms with E-state index in [9.17, 15) is 25.0 Å². The van der Waals surface area contributed by atoms with Gasteiger partial charge in [0.1, 0.15) is 0 Å². The van der Waals surface area contributed by atoms with Gasteiger partial charge in [0.15, 0.2) is 0 Å². The van der Waals surface area contributed by atoms with E-state index in [4.69, 9.17) is 0 Å². The lowest BCUT2D eigenvalue weighted by molar-refractivity contribution is -0.396. The van der Waals surface area contributed by atoms with Crippen LogP contribution in [0.15, 0.2) is 17.0 Å². The quantitative estimate of drug-likeness (QED) is 0.480. The zero-order chi connectivity index (χ0) is 14.7. The monoisotopic (exact) mass is 285 g/mol. The van der Waals surface area contributed by atoms with Crippen molar-refractivity contribution in [1.82, 2.24) is 4.90 Å². The molecular formula is C10H11N3O5S. The molecule has 0 saturated carbocycles. The number of nitro benzene ring substituents is 2. The standard InChI is InChI=1S/C10H11N3O5S/c1-6-4-7(12(15)16)5-8(13(17)18)9(6)19-10(14)11(2)3/h4-5H,1-3H3. The molecule has 0 spiro atoms. The predicted molar refractivity (Wildman–Crippen MR) is 69.4 cm³/mol. The highest BCUT2D eigenvalue weighted by molar-refractivity contribution is 8.13. The minimum absolute atomic E-state index is 0.120. The molecule has 1 rings (SSSR count). The van der Waals surface area contributed by atoms with E-state index in [1.54, 1.807) is 0 Å². The smallest absolute Gasteiger partial charge is 0.290 e. The van der Waals surface area contributed by atoms with Crippen LogP contribution in [0, 0.1) is 27.2 Å². The van der Waals surface area contributed by atoms with Gasteiger partial charge in [-0.1, -0.05) is 0 Å². The molecule has 0 unspecified atom stereocenters. The fraction of sp³-hybridized carbons (Fsp3) is 0.300. The molecule has 0 bridgehead atoms. The molecule has 8 nitrogen and oxygen atoms in total. The van der Waals surface area contributed by atoms with Crippen LogP contribution in [0.1, 0.15) is 5.56 Å². The third-order valence-corrected chi connectivity index (χ3v) is 3.48. The third kappa shape index (κ3) is 3.41. The minimum Gasteiger partial charge on any atom is -0.339 e. The Bertz CT molecular complexity index is 558. The average Bonchev–Trinajstić information content (AvgIpc) is 2.30. The van der Waals surface area contributed by atoms with Crippen LogP contribution in [0.4, 0.5) is 16.2 Å². The molecule has 102 valence electrons. The first-order chi connectivity index (χ1) is 8.73. The zero-order valence-electron chi connectivity index (χ0n) is 10.4. The van der Waals surface area contributed by atoms with Gasteiger partial charge in [0.2, 0.25) is 0 Å². The highest BCUT2D eigenvalue weighted by Gasteiger charge is 2.25. The molecule has 0 atom stereocenters. The molecule has 0 fully saturated rings. The molecule has 0 saturated heterocycles. The summed E-state index contributed by atoms with van der Waals surface area (Å²) in [5, 5.41) is 21.2. The summed E-state index contributed by atoms with van der Waals surface area (Å²) >= 11 is 0.676. The van der Waals surface area contributed by atoms with Crippen molar-refractivity contribution in [3.05, 3.63) is 37.9 Å². The predicted octanol–water partition coefficient (Wildman–Crippen LogP) is 2.59. The van der Waals surface area contributed by atoms with Crippen molar-refractivity contribution >= 4 is 28.4 Å². The zero-order valence-corrected chi connectivity index (χ0v) is 11.3. The Morgan fingerprint density at radius 3 is 2.21 bits per heavy atom. The fourth-order valence-electron chi connectivity index (χ4n) is 1.29. The van der Waals surface area contributed by atoms with Crippen LogP contribution in [0.3, 0.4) is 0 Å². The number of rotatable bonds is 3. The number of carbonyl (C=O) groups is 1. The molecule has 0 aliphatic heterocycles. The third-order valence-electron chi connectivity index (χ3n) is 2.20. The van der Waals surface area contributed by atoms with Crippen molar-refractivity contribution in [1.29, 1.82) is 0 Å². The summed E-state index contributed by atoms with van der Waals surface area (Å²) in [6, 6.07) is 2.07. The van der Waals surface area contributed by atoms with Gasteiger partial charge >= 0.3 is 0 Å². The van der Waals surface area contributed by atoms with Crippen LogP contribution >= 0.6 is 11.8 Å². The second kappa shape index (κ2) is 5.65. The van der Waals surface area contributed by atoms with Gasteiger partial charge in [0.05, 0.1) is 20.8 Å². The Balaban J connectivity index is 3.34. The van der Waals surface area contributed by atoms with Crippen molar-refractivity contribution in [3.8, 4) is 0 Å². The number of non-ortho nitro benzene ring substituents is 1. The highest BCUT2D eigenvalue weighted by atomic mass is 32.2. The maximum Gasteiger partial charge on any atom is 0.290 e. The molecule has 0 aromatic heterocycles. The van der Waals surface area contributed by atoms with E-state index in [1.165, 1.54) is 32.0 Å². The summed E-state index contributed by atoms with van der Waals surface area (Å²) in [7, 11) is 3.03. The van der Waals surface area contributed by atoms with Crippen LogP contribution in [-0.2, 0) is 0 Å². The van der Waals surface area contributed by atoms with Crippen LogP contribution in [0.2, 0.25) is 0 Å². The van der Waals surface area contributed by atoms with E-state index in [1.807, 2.05) is 0 Å². The average molecular weight is 285 g/mol. The van der Waals surface area contributed by atoms with E-state index in [-0.39, 0.29) is 15.8 Å². The number of nitrogens with zero attached hydrogens (tertiary/aromatic N) is 3. The molecule has 0 heterocycles. The normalized spacial score (nSPS) is 10.1. The first-order valence-corrected chi connectivity index (χ1v) is 5.88. The SMILES string of the molecule is Cc1cc([N+](=O)[O-])cc([N+](=O)[O-])c1SC(=O)N(C)C. The van der Waals surface area contributed by atoms with Gasteiger partial charge < -0.3 is 4.90 Å². The van der Waals surface area contributed by atoms with Gasteiger partial charge in [-0.3, -0.25) is 25.0 Å². The highest BCUT2D eigenvalue weighted by Crippen LogP contribution is 2.36. The summed E-state index contributed by atoms with van der Waals surface area (Å²) in [5.74, 6) is 0. The molecule has 19 heavy (non-hydrogen) atoms. The van der Waals surface area contributed by atoms with E-state index in [0.29, 0.717) is 17.3 Å². The Hall–Kier alpha value is -2.16. The second-order valence-corrected chi connectivity index (χ2v) is 4.85. The lowest BCUT2D eigenvalue weighted by Gasteiger charge is -2.10. The lowest BCUT2D eigenvalue weighted by Crippen LogP contribution is -2.16. The summed E-state index contributed by atoms with van der Waals surface area (Å²) in [6.45, 7) is 1.49. The first kappa shape index (κ1) is 14.9. The van der Waals surface area contributed by atoms with Crippen molar-refractivity contribution in [2.24, 2.45) is 0 Å². The lowest BCUT2D eigenvalue weighted by atomic mass is 10.2. The number of nitro groups is 2. The summed E-state index contributed by atoms with van der Waals surface area (Å²) in [4.78, 5) is 33.2. The number of hydrogen-bond acceptors (Lipinski definition) is 6. The molecule has 0 aliphatic carbocycles. The number of hydrogen-bond donors (Lipinski definition) is 0.